The second kappa shape index (κ2) is 9.07. The number of nitriles is 1. The van der Waals surface area contributed by atoms with Gasteiger partial charge in [-0.2, -0.15) is 23.5 Å². The molecule has 35 heavy (non-hydrogen) atoms. The lowest BCUT2D eigenvalue weighted by atomic mass is 9.72. The van der Waals surface area contributed by atoms with E-state index in [0.717, 1.165) is 10.9 Å². The van der Waals surface area contributed by atoms with E-state index in [1.165, 1.54) is 13.1 Å². The lowest BCUT2D eigenvalue weighted by Gasteiger charge is -2.32. The van der Waals surface area contributed by atoms with Crippen LogP contribution in [-0.2, 0) is 11.6 Å². The van der Waals surface area contributed by atoms with Crippen molar-refractivity contribution in [1.29, 1.82) is 5.26 Å². The fourth-order valence-corrected chi connectivity index (χ4v) is 4.06. The molecule has 0 aromatic carbocycles. The van der Waals surface area contributed by atoms with Crippen molar-refractivity contribution in [3.05, 3.63) is 65.1 Å². The zero-order valence-electron chi connectivity index (χ0n) is 18.5. The Morgan fingerprint density at radius 2 is 1.94 bits per heavy atom. The number of aliphatic hydroxyl groups excluding tert-OH is 1. The number of nitrogens with zero attached hydrogens (tertiary/aromatic N) is 5. The van der Waals surface area contributed by atoms with Gasteiger partial charge in [0.25, 0.3) is 5.91 Å². The van der Waals surface area contributed by atoms with Crippen LogP contribution in [0, 0.1) is 24.1 Å². The van der Waals surface area contributed by atoms with Crippen LogP contribution in [0.15, 0.2) is 36.8 Å². The first-order chi connectivity index (χ1) is 16.5. The van der Waals surface area contributed by atoms with E-state index >= 15 is 0 Å². The number of rotatable bonds is 4. The zero-order valence-corrected chi connectivity index (χ0v) is 18.5. The molecule has 3 aromatic rings. The molecule has 0 aliphatic heterocycles. The van der Waals surface area contributed by atoms with Gasteiger partial charge >= 0.3 is 6.18 Å². The number of hydrogen-bond acceptors (Lipinski definition) is 6. The van der Waals surface area contributed by atoms with Gasteiger partial charge in [-0.05, 0) is 50.8 Å². The largest absolute Gasteiger partial charge is 0.417 e. The summed E-state index contributed by atoms with van der Waals surface area (Å²) in [6.45, 7) is 1.45. The highest BCUT2D eigenvalue weighted by Gasteiger charge is 2.38. The minimum Gasteiger partial charge on any atom is -0.393 e. The molecule has 0 atom stereocenters. The van der Waals surface area contributed by atoms with E-state index in [0.29, 0.717) is 49.3 Å². The van der Waals surface area contributed by atoms with Crippen molar-refractivity contribution in [3.8, 4) is 11.9 Å². The maximum atomic E-state index is 14.3. The van der Waals surface area contributed by atoms with Crippen molar-refractivity contribution in [1.82, 2.24) is 19.7 Å². The number of hydrogen-bond donors (Lipinski definition) is 2. The number of carbonyl (C=O) groups excluding carboxylic acids is 1. The van der Waals surface area contributed by atoms with Crippen molar-refractivity contribution in [2.45, 2.75) is 50.3 Å². The zero-order chi connectivity index (χ0) is 25.4. The Balaban J connectivity index is 1.51. The van der Waals surface area contributed by atoms with E-state index in [-0.39, 0.29) is 11.3 Å². The van der Waals surface area contributed by atoms with Crippen molar-refractivity contribution < 1.29 is 27.5 Å². The van der Waals surface area contributed by atoms with Crippen LogP contribution in [0.1, 0.15) is 53.0 Å². The predicted octanol–water partition coefficient (Wildman–Crippen LogP) is 4.08. The molecule has 3 aromatic heterocycles. The average Bonchev–Trinajstić information content (AvgIpc) is 3.21. The van der Waals surface area contributed by atoms with E-state index in [2.05, 4.69) is 26.5 Å². The number of aromatic nitrogens is 4. The molecule has 1 fully saturated rings. The number of aliphatic hydroxyl groups is 1. The van der Waals surface area contributed by atoms with Crippen molar-refractivity contribution in [2.24, 2.45) is 0 Å². The standard InChI is InChI=1S/C23H20F4N6O2/c1-13-17(11-31-33(13)20-18(24)8-14(9-30-20)23(25,26)27)21(35)32-15-2-3-19(29-10-15)22(12-28)6-4-16(34)5-7-22/h2-3,8-11,16,34H,4-7H2,1H3,(H,32,35)/t16-,22-. The molecule has 1 amide bonds. The minimum absolute atomic E-state index is 0.0601. The van der Waals surface area contributed by atoms with Crippen LogP contribution < -0.4 is 5.32 Å². The number of amides is 1. The summed E-state index contributed by atoms with van der Waals surface area (Å²) in [5.74, 6) is -2.30. The summed E-state index contributed by atoms with van der Waals surface area (Å²) >= 11 is 0. The summed E-state index contributed by atoms with van der Waals surface area (Å²) in [4.78, 5) is 20.6. The minimum atomic E-state index is -4.74. The van der Waals surface area contributed by atoms with Crippen LogP contribution in [0.3, 0.4) is 0 Å². The normalized spacial score (nSPS) is 20.3. The molecule has 0 bridgehead atoms. The third-order valence-electron chi connectivity index (χ3n) is 6.14. The summed E-state index contributed by atoms with van der Waals surface area (Å²) in [5.41, 5.74) is -0.906. The highest BCUT2D eigenvalue weighted by molar-refractivity contribution is 6.04. The average molecular weight is 488 g/mol. The summed E-state index contributed by atoms with van der Waals surface area (Å²) in [7, 11) is 0. The Bertz CT molecular complexity index is 1290. The third-order valence-corrected chi connectivity index (χ3v) is 6.14. The molecule has 1 saturated carbocycles. The van der Waals surface area contributed by atoms with Gasteiger partial charge in [0.2, 0.25) is 0 Å². The van der Waals surface area contributed by atoms with Crippen LogP contribution in [0.4, 0.5) is 23.2 Å². The van der Waals surface area contributed by atoms with Crippen molar-refractivity contribution >= 4 is 11.6 Å². The van der Waals surface area contributed by atoms with Crippen LogP contribution in [0.2, 0.25) is 0 Å². The Labute approximate surface area is 197 Å². The van der Waals surface area contributed by atoms with Gasteiger partial charge in [0.1, 0.15) is 0 Å². The molecule has 8 nitrogen and oxygen atoms in total. The molecular weight excluding hydrogens is 468 g/mol. The van der Waals surface area contributed by atoms with Gasteiger partial charge in [-0.25, -0.2) is 14.1 Å². The lowest BCUT2D eigenvalue weighted by Crippen LogP contribution is -2.33. The molecule has 1 aliphatic rings. The summed E-state index contributed by atoms with van der Waals surface area (Å²) in [6.07, 6.45) is -0.134. The molecule has 0 saturated heterocycles. The van der Waals surface area contributed by atoms with Gasteiger partial charge in [0.05, 0.1) is 58.2 Å². The molecule has 4 rings (SSSR count). The number of pyridine rings is 2. The fourth-order valence-electron chi connectivity index (χ4n) is 4.06. The summed E-state index contributed by atoms with van der Waals surface area (Å²) in [6, 6.07) is 5.87. The first-order valence-electron chi connectivity index (χ1n) is 10.7. The van der Waals surface area contributed by atoms with Crippen LogP contribution in [-0.4, -0.2) is 36.9 Å². The Morgan fingerprint density at radius 3 is 2.51 bits per heavy atom. The molecule has 0 spiro atoms. The first kappa shape index (κ1) is 24.3. The van der Waals surface area contributed by atoms with Gasteiger partial charge in [-0.3, -0.25) is 9.78 Å². The molecule has 0 unspecified atom stereocenters. The Hall–Kier alpha value is -3.85. The van der Waals surface area contributed by atoms with E-state index in [9.17, 15) is 32.7 Å². The fraction of sp³-hybridized carbons (Fsp3) is 0.348. The number of alkyl halides is 3. The maximum Gasteiger partial charge on any atom is 0.417 e. The quantitative estimate of drug-likeness (QED) is 0.535. The molecule has 1 aliphatic carbocycles. The number of anilines is 1. The van der Waals surface area contributed by atoms with Gasteiger partial charge < -0.3 is 10.4 Å². The van der Waals surface area contributed by atoms with Gasteiger partial charge in [-0.15, -0.1) is 0 Å². The molecule has 2 N–H and O–H groups in total. The smallest absolute Gasteiger partial charge is 0.393 e. The molecule has 12 heteroatoms. The maximum absolute atomic E-state index is 14.3. The first-order valence-corrected chi connectivity index (χ1v) is 10.7. The molecule has 3 heterocycles. The van der Waals surface area contributed by atoms with Crippen LogP contribution >= 0.6 is 0 Å². The monoisotopic (exact) mass is 488 g/mol. The summed E-state index contributed by atoms with van der Waals surface area (Å²) < 4.78 is 53.6. The van der Waals surface area contributed by atoms with E-state index in [1.54, 1.807) is 12.1 Å². The van der Waals surface area contributed by atoms with E-state index < -0.39 is 40.8 Å². The molecule has 182 valence electrons. The van der Waals surface area contributed by atoms with Gasteiger partial charge in [0, 0.05) is 6.20 Å². The highest BCUT2D eigenvalue weighted by atomic mass is 19.4. The second-order valence-electron chi connectivity index (χ2n) is 8.39. The van der Waals surface area contributed by atoms with Crippen molar-refractivity contribution in [3.63, 3.8) is 0 Å². The van der Waals surface area contributed by atoms with E-state index in [4.69, 9.17) is 0 Å². The van der Waals surface area contributed by atoms with E-state index in [1.807, 2.05) is 0 Å². The predicted molar refractivity (Wildman–Crippen MR) is 115 cm³/mol. The van der Waals surface area contributed by atoms with Crippen LogP contribution in [0.5, 0.6) is 0 Å². The molecule has 0 radical (unpaired) electrons. The van der Waals surface area contributed by atoms with Crippen molar-refractivity contribution in [2.75, 3.05) is 5.32 Å². The Kier molecular flexibility index (Phi) is 6.29. The highest BCUT2D eigenvalue weighted by Crippen LogP contribution is 2.38. The lowest BCUT2D eigenvalue weighted by molar-refractivity contribution is -0.138. The SMILES string of the molecule is Cc1c(C(=O)Nc2ccc([C@]3(C#N)CC[C@@H](O)CC3)nc2)cnn1-c1ncc(C(F)(F)F)cc1F. The third kappa shape index (κ3) is 4.72. The summed E-state index contributed by atoms with van der Waals surface area (Å²) in [5, 5.41) is 26.0. The Morgan fingerprint density at radius 1 is 1.23 bits per heavy atom. The van der Waals surface area contributed by atoms with Gasteiger partial charge in [0.15, 0.2) is 11.6 Å². The number of halogens is 4. The van der Waals surface area contributed by atoms with Crippen LogP contribution in [0.25, 0.3) is 5.82 Å². The number of carbonyl (C=O) groups is 1. The second-order valence-corrected chi connectivity index (χ2v) is 8.39. The topological polar surface area (TPSA) is 117 Å². The molecular formula is C23H20F4N6O2. The number of nitrogens with one attached hydrogen (secondary N) is 1. The van der Waals surface area contributed by atoms with Gasteiger partial charge in [-0.1, -0.05) is 0 Å².